The van der Waals surface area contributed by atoms with Crippen LogP contribution in [0.5, 0.6) is 0 Å². The van der Waals surface area contributed by atoms with Crippen molar-refractivity contribution < 1.29 is 4.74 Å². The number of hydrogen-bond acceptors (Lipinski definition) is 3. The highest BCUT2D eigenvalue weighted by Gasteiger charge is 2.29. The van der Waals surface area contributed by atoms with E-state index in [4.69, 9.17) is 10.5 Å². The van der Waals surface area contributed by atoms with Crippen LogP contribution in [0.25, 0.3) is 0 Å². The molecule has 0 spiro atoms. The lowest BCUT2D eigenvalue weighted by Gasteiger charge is -2.38. The second-order valence-corrected chi connectivity index (χ2v) is 6.31. The van der Waals surface area contributed by atoms with Crippen LogP contribution >= 0.6 is 0 Å². The smallest absolute Gasteiger partial charge is 0.0491 e. The quantitative estimate of drug-likeness (QED) is 0.866. The summed E-state index contributed by atoms with van der Waals surface area (Å²) in [6.07, 6.45) is 2.48. The Morgan fingerprint density at radius 2 is 1.90 bits per heavy atom. The van der Waals surface area contributed by atoms with Gasteiger partial charge in [-0.1, -0.05) is 37.3 Å². The van der Waals surface area contributed by atoms with Gasteiger partial charge in [-0.2, -0.15) is 0 Å². The van der Waals surface area contributed by atoms with Crippen LogP contribution in [-0.4, -0.2) is 44.8 Å². The Hall–Kier alpha value is -0.900. The molecule has 1 atom stereocenters. The average Bonchev–Trinajstić information content (AvgIpc) is 2.50. The summed E-state index contributed by atoms with van der Waals surface area (Å²) in [5, 5.41) is 0. The maximum Gasteiger partial charge on any atom is 0.0491 e. The molecule has 2 N–H and O–H groups in total. The fourth-order valence-electron chi connectivity index (χ4n) is 3.15. The molecular weight excluding hydrogens is 248 g/mol. The zero-order valence-electron chi connectivity index (χ0n) is 12.8. The van der Waals surface area contributed by atoms with Crippen molar-refractivity contribution in [2.24, 2.45) is 11.7 Å². The van der Waals surface area contributed by atoms with Crippen LogP contribution in [0.1, 0.15) is 25.3 Å². The number of nitrogens with two attached hydrogens (primary N) is 1. The van der Waals surface area contributed by atoms with Gasteiger partial charge < -0.3 is 15.4 Å². The van der Waals surface area contributed by atoms with Gasteiger partial charge in [-0.25, -0.2) is 0 Å². The molecule has 2 rings (SSSR count). The number of methoxy groups -OCH3 is 1. The minimum Gasteiger partial charge on any atom is -0.384 e. The summed E-state index contributed by atoms with van der Waals surface area (Å²) in [6.45, 7) is 7.25. The molecule has 1 aliphatic heterocycles. The first-order chi connectivity index (χ1) is 9.68. The molecular formula is C17H28N2O. The van der Waals surface area contributed by atoms with Crippen molar-refractivity contribution in [3.05, 3.63) is 35.9 Å². The molecule has 0 radical (unpaired) electrons. The van der Waals surface area contributed by atoms with E-state index < -0.39 is 0 Å². The number of rotatable bonds is 6. The second-order valence-electron chi connectivity index (χ2n) is 6.31. The first-order valence-electron chi connectivity index (χ1n) is 7.65. The molecule has 1 saturated heterocycles. The van der Waals surface area contributed by atoms with Crippen LogP contribution in [0.15, 0.2) is 30.3 Å². The van der Waals surface area contributed by atoms with Crippen LogP contribution in [0.2, 0.25) is 0 Å². The lowest BCUT2D eigenvalue weighted by Crippen LogP contribution is -2.46. The van der Waals surface area contributed by atoms with Crippen LogP contribution < -0.4 is 5.73 Å². The molecule has 0 aliphatic carbocycles. The molecule has 20 heavy (non-hydrogen) atoms. The van der Waals surface area contributed by atoms with Crippen LogP contribution in [0, 0.1) is 5.92 Å². The maximum atomic E-state index is 6.08. The van der Waals surface area contributed by atoms with E-state index in [0.29, 0.717) is 6.54 Å². The van der Waals surface area contributed by atoms with Gasteiger partial charge in [0.05, 0.1) is 0 Å². The van der Waals surface area contributed by atoms with Crippen molar-refractivity contribution in [2.75, 3.05) is 39.9 Å². The standard InChI is InChI=1S/C17H28N2O/c1-17(13-18,16-6-4-3-5-7-16)14-19-10-8-15(9-11-19)12-20-2/h3-7,15H,8-14,18H2,1-2H3. The predicted octanol–water partition coefficient (Wildman–Crippen LogP) is 2.26. The van der Waals surface area contributed by atoms with Crippen LogP contribution in [0.3, 0.4) is 0 Å². The minimum absolute atomic E-state index is 0.0509. The Labute approximate surface area is 123 Å². The second kappa shape index (κ2) is 7.21. The van der Waals surface area contributed by atoms with E-state index in [2.05, 4.69) is 42.2 Å². The first-order valence-corrected chi connectivity index (χ1v) is 7.65. The van der Waals surface area contributed by atoms with E-state index >= 15 is 0 Å². The Kier molecular flexibility index (Phi) is 5.58. The van der Waals surface area contributed by atoms with Crippen LogP contribution in [0.4, 0.5) is 0 Å². The van der Waals surface area contributed by atoms with E-state index in [0.717, 1.165) is 32.2 Å². The molecule has 0 saturated carbocycles. The molecule has 1 aromatic carbocycles. The zero-order valence-corrected chi connectivity index (χ0v) is 12.8. The van der Waals surface area contributed by atoms with Gasteiger partial charge in [-0.05, 0) is 37.4 Å². The third-order valence-electron chi connectivity index (χ3n) is 4.60. The summed E-state index contributed by atoms with van der Waals surface area (Å²) >= 11 is 0. The van der Waals surface area contributed by atoms with Gasteiger partial charge in [0.15, 0.2) is 0 Å². The number of nitrogens with zero attached hydrogens (tertiary/aromatic N) is 1. The highest BCUT2D eigenvalue weighted by atomic mass is 16.5. The van der Waals surface area contributed by atoms with E-state index in [9.17, 15) is 0 Å². The fourth-order valence-corrected chi connectivity index (χ4v) is 3.15. The SMILES string of the molecule is COCC1CCN(CC(C)(CN)c2ccccc2)CC1. The van der Waals surface area contributed by atoms with Crippen molar-refractivity contribution >= 4 is 0 Å². The third kappa shape index (κ3) is 3.81. The van der Waals surface area contributed by atoms with Gasteiger partial charge in [-0.15, -0.1) is 0 Å². The Morgan fingerprint density at radius 1 is 1.25 bits per heavy atom. The van der Waals surface area contributed by atoms with Gasteiger partial charge in [0.2, 0.25) is 0 Å². The summed E-state index contributed by atoms with van der Waals surface area (Å²) in [5.41, 5.74) is 7.48. The van der Waals surface area contributed by atoms with E-state index in [1.807, 2.05) is 0 Å². The molecule has 0 amide bonds. The summed E-state index contributed by atoms with van der Waals surface area (Å²) in [7, 11) is 1.80. The van der Waals surface area contributed by atoms with Gasteiger partial charge in [0.25, 0.3) is 0 Å². The highest BCUT2D eigenvalue weighted by Crippen LogP contribution is 2.26. The number of likely N-dealkylation sites (tertiary alicyclic amines) is 1. The topological polar surface area (TPSA) is 38.5 Å². The normalized spacial score (nSPS) is 20.8. The molecule has 3 heteroatoms. The van der Waals surface area contributed by atoms with Crippen molar-refractivity contribution in [3.8, 4) is 0 Å². The lowest BCUT2D eigenvalue weighted by atomic mass is 9.81. The molecule has 1 heterocycles. The number of piperidine rings is 1. The molecule has 1 fully saturated rings. The van der Waals surface area contributed by atoms with E-state index in [-0.39, 0.29) is 5.41 Å². The maximum absolute atomic E-state index is 6.08. The fraction of sp³-hybridized carbons (Fsp3) is 0.647. The average molecular weight is 276 g/mol. The summed E-state index contributed by atoms with van der Waals surface area (Å²) in [6, 6.07) is 10.7. The van der Waals surface area contributed by atoms with Gasteiger partial charge in [0.1, 0.15) is 0 Å². The lowest BCUT2D eigenvalue weighted by molar-refractivity contribution is 0.0903. The van der Waals surface area contributed by atoms with Gasteiger partial charge in [0, 0.05) is 32.2 Å². The monoisotopic (exact) mass is 276 g/mol. The predicted molar refractivity (Wildman–Crippen MR) is 83.9 cm³/mol. The molecule has 112 valence electrons. The number of hydrogen-bond donors (Lipinski definition) is 1. The van der Waals surface area contributed by atoms with Gasteiger partial charge in [-0.3, -0.25) is 0 Å². The summed E-state index contributed by atoms with van der Waals surface area (Å²) < 4.78 is 5.27. The first kappa shape index (κ1) is 15.5. The molecule has 1 aliphatic rings. The Bertz CT molecular complexity index is 387. The molecule has 0 bridgehead atoms. The zero-order chi connectivity index (χ0) is 14.4. The summed E-state index contributed by atoms with van der Waals surface area (Å²) in [4.78, 5) is 2.56. The van der Waals surface area contributed by atoms with Crippen molar-refractivity contribution in [3.63, 3.8) is 0 Å². The summed E-state index contributed by atoms with van der Waals surface area (Å²) in [5.74, 6) is 0.733. The minimum atomic E-state index is 0.0509. The Balaban J connectivity index is 1.94. The number of benzene rings is 1. The van der Waals surface area contributed by atoms with Crippen molar-refractivity contribution in [1.82, 2.24) is 4.90 Å². The molecule has 1 unspecified atom stereocenters. The Morgan fingerprint density at radius 3 is 2.45 bits per heavy atom. The van der Waals surface area contributed by atoms with Gasteiger partial charge >= 0.3 is 0 Å². The molecule has 0 aromatic heterocycles. The number of ether oxygens (including phenoxy) is 1. The van der Waals surface area contributed by atoms with Crippen molar-refractivity contribution in [1.29, 1.82) is 0 Å². The molecule has 3 nitrogen and oxygen atoms in total. The van der Waals surface area contributed by atoms with Crippen molar-refractivity contribution in [2.45, 2.75) is 25.2 Å². The van der Waals surface area contributed by atoms with Crippen LogP contribution in [-0.2, 0) is 10.2 Å². The highest BCUT2D eigenvalue weighted by molar-refractivity contribution is 5.25. The largest absolute Gasteiger partial charge is 0.384 e. The van der Waals surface area contributed by atoms with E-state index in [1.54, 1.807) is 7.11 Å². The molecule has 1 aromatic rings. The third-order valence-corrected chi connectivity index (χ3v) is 4.60. The van der Waals surface area contributed by atoms with E-state index in [1.165, 1.54) is 18.4 Å².